The van der Waals surface area contributed by atoms with E-state index in [-0.39, 0.29) is 0 Å². The summed E-state index contributed by atoms with van der Waals surface area (Å²) in [4.78, 5) is 0. The predicted molar refractivity (Wildman–Crippen MR) is 91.4 cm³/mol. The molecule has 4 aliphatic carbocycles. The van der Waals surface area contributed by atoms with E-state index in [1.165, 1.54) is 44.3 Å². The van der Waals surface area contributed by atoms with Gasteiger partial charge in [-0.1, -0.05) is 36.6 Å². The first kappa shape index (κ1) is 14.6. The molecule has 0 aromatic heterocycles. The molecule has 0 heterocycles. The van der Waals surface area contributed by atoms with Crippen molar-refractivity contribution in [3.63, 3.8) is 0 Å². The number of ether oxygens (including phenoxy) is 1. The second-order valence-electron chi connectivity index (χ2n) is 8.07. The summed E-state index contributed by atoms with van der Waals surface area (Å²) < 4.78 is 5.51. The van der Waals surface area contributed by atoms with Crippen LogP contribution in [-0.2, 0) is 4.74 Å². The van der Waals surface area contributed by atoms with Gasteiger partial charge in [-0.25, -0.2) is 0 Å². The number of hydrogen-bond acceptors (Lipinski definition) is 1. The van der Waals surface area contributed by atoms with Gasteiger partial charge in [0.05, 0.1) is 12.9 Å². The molecule has 0 saturated heterocycles. The smallest absolute Gasteiger partial charge is 0.0959 e. The summed E-state index contributed by atoms with van der Waals surface area (Å²) in [5, 5.41) is 0. The summed E-state index contributed by atoms with van der Waals surface area (Å²) in [6.45, 7) is 4.93. The van der Waals surface area contributed by atoms with E-state index >= 15 is 0 Å². The first-order valence-electron chi connectivity index (χ1n) is 9.30. The summed E-state index contributed by atoms with van der Waals surface area (Å²) in [6.07, 6.45) is 15.4. The van der Waals surface area contributed by atoms with Crippen molar-refractivity contribution in [2.75, 3.05) is 7.11 Å². The Balaban J connectivity index is 1.60. The van der Waals surface area contributed by atoms with Crippen molar-refractivity contribution in [2.45, 2.75) is 65.2 Å². The zero-order valence-corrected chi connectivity index (χ0v) is 14.5. The van der Waals surface area contributed by atoms with Crippen LogP contribution in [0.15, 0.2) is 34.6 Å². The third-order valence-corrected chi connectivity index (χ3v) is 7.44. The van der Waals surface area contributed by atoms with E-state index in [1.54, 1.807) is 11.1 Å². The normalized spacial score (nSPS) is 40.4. The molecule has 1 fully saturated rings. The maximum atomic E-state index is 5.51. The second-order valence-corrected chi connectivity index (χ2v) is 8.07. The molecule has 0 aliphatic heterocycles. The van der Waals surface area contributed by atoms with Crippen molar-refractivity contribution in [2.24, 2.45) is 23.2 Å². The molecule has 1 heteroatoms. The molecule has 0 radical (unpaired) electrons. The van der Waals surface area contributed by atoms with Crippen molar-refractivity contribution in [3.8, 4) is 0 Å². The van der Waals surface area contributed by atoms with Crippen LogP contribution in [0.3, 0.4) is 0 Å². The van der Waals surface area contributed by atoms with E-state index in [0.717, 1.165) is 30.6 Å². The minimum absolute atomic E-state index is 0.524. The molecule has 1 saturated carbocycles. The molecule has 22 heavy (non-hydrogen) atoms. The number of allylic oxidation sites excluding steroid dienone is 5. The molecular weight excluding hydrogens is 268 g/mol. The average molecular weight is 298 g/mol. The van der Waals surface area contributed by atoms with E-state index in [4.69, 9.17) is 4.74 Å². The predicted octanol–water partition coefficient (Wildman–Crippen LogP) is 5.79. The largest absolute Gasteiger partial charge is 0.501 e. The second kappa shape index (κ2) is 5.28. The fraction of sp³-hybridized carbons (Fsp3) is 0.714. The summed E-state index contributed by atoms with van der Waals surface area (Å²) >= 11 is 0. The van der Waals surface area contributed by atoms with Crippen LogP contribution in [0.4, 0.5) is 0 Å². The molecule has 0 bridgehead atoms. The third kappa shape index (κ3) is 1.97. The Morgan fingerprint density at radius 3 is 2.91 bits per heavy atom. The Morgan fingerprint density at radius 1 is 1.27 bits per heavy atom. The molecule has 120 valence electrons. The molecule has 1 nitrogen and oxygen atoms in total. The van der Waals surface area contributed by atoms with Crippen molar-refractivity contribution in [1.82, 2.24) is 0 Å². The Hall–Kier alpha value is -0.980. The third-order valence-electron chi connectivity index (χ3n) is 7.44. The maximum Gasteiger partial charge on any atom is 0.0959 e. The maximum absolute atomic E-state index is 5.51. The Labute approximate surface area is 135 Å². The summed E-state index contributed by atoms with van der Waals surface area (Å²) in [7, 11) is 1.82. The number of rotatable bonds is 2. The van der Waals surface area contributed by atoms with Crippen LogP contribution < -0.4 is 0 Å². The van der Waals surface area contributed by atoms with Gasteiger partial charge in [-0.2, -0.15) is 0 Å². The van der Waals surface area contributed by atoms with Gasteiger partial charge in [0.25, 0.3) is 0 Å². The Morgan fingerprint density at radius 2 is 2.14 bits per heavy atom. The summed E-state index contributed by atoms with van der Waals surface area (Å²) in [5.41, 5.74) is 5.83. The molecule has 4 rings (SSSR count). The molecule has 4 atom stereocenters. The molecule has 4 aliphatic rings. The van der Waals surface area contributed by atoms with Crippen molar-refractivity contribution < 1.29 is 4.74 Å². The lowest BCUT2D eigenvalue weighted by Crippen LogP contribution is -2.42. The summed E-state index contributed by atoms with van der Waals surface area (Å²) in [6, 6.07) is 0. The number of methoxy groups -OCH3 is 1. The van der Waals surface area contributed by atoms with E-state index in [1.807, 2.05) is 12.7 Å². The van der Waals surface area contributed by atoms with Crippen LogP contribution in [0.5, 0.6) is 0 Å². The van der Waals surface area contributed by atoms with Gasteiger partial charge in [-0.15, -0.1) is 0 Å². The highest BCUT2D eigenvalue weighted by molar-refractivity contribution is 5.34. The van der Waals surface area contributed by atoms with Crippen LogP contribution in [-0.4, -0.2) is 7.11 Å². The van der Waals surface area contributed by atoms with E-state index < -0.39 is 0 Å². The molecule has 0 aromatic carbocycles. The van der Waals surface area contributed by atoms with Gasteiger partial charge in [0, 0.05) is 6.42 Å². The van der Waals surface area contributed by atoms with Crippen molar-refractivity contribution >= 4 is 0 Å². The SMILES string of the molecule is CCC1=CC[C@H]2[C@@H]3CCC4=C(CC=C(OC)C4)[C@H]3CC[C@]12C. The molecule has 0 amide bonds. The Bertz CT molecular complexity index is 564. The number of fused-ring (bicyclic) bond motifs is 4. The van der Waals surface area contributed by atoms with Gasteiger partial charge in [0.15, 0.2) is 0 Å². The van der Waals surface area contributed by atoms with Crippen molar-refractivity contribution in [1.29, 1.82) is 0 Å². The lowest BCUT2D eigenvalue weighted by molar-refractivity contribution is 0.0547. The first-order valence-corrected chi connectivity index (χ1v) is 9.30. The first-order chi connectivity index (χ1) is 10.7. The topological polar surface area (TPSA) is 9.23 Å². The molecular formula is C21H30O. The highest BCUT2D eigenvalue weighted by atomic mass is 16.5. The van der Waals surface area contributed by atoms with E-state index in [9.17, 15) is 0 Å². The zero-order valence-electron chi connectivity index (χ0n) is 14.5. The Kier molecular flexibility index (Phi) is 3.51. The number of hydrogen-bond donors (Lipinski definition) is 0. The fourth-order valence-corrected chi connectivity index (χ4v) is 6.25. The fourth-order valence-electron chi connectivity index (χ4n) is 6.25. The van der Waals surface area contributed by atoms with Crippen LogP contribution in [0.1, 0.15) is 65.2 Å². The lowest BCUT2D eigenvalue weighted by Gasteiger charge is -2.51. The zero-order chi connectivity index (χ0) is 15.3. The van der Waals surface area contributed by atoms with Gasteiger partial charge in [0.1, 0.15) is 0 Å². The van der Waals surface area contributed by atoms with Crippen molar-refractivity contribution in [3.05, 3.63) is 34.6 Å². The highest BCUT2D eigenvalue weighted by Gasteiger charge is 2.51. The lowest BCUT2D eigenvalue weighted by atomic mass is 9.53. The molecule has 0 N–H and O–H groups in total. The molecule has 0 unspecified atom stereocenters. The van der Waals surface area contributed by atoms with Gasteiger partial charge in [0.2, 0.25) is 0 Å². The monoisotopic (exact) mass is 298 g/mol. The summed E-state index contributed by atoms with van der Waals surface area (Å²) in [5.74, 6) is 3.94. The van der Waals surface area contributed by atoms with Gasteiger partial charge < -0.3 is 4.74 Å². The van der Waals surface area contributed by atoms with Crippen LogP contribution in [0.25, 0.3) is 0 Å². The van der Waals surface area contributed by atoms with Crippen LogP contribution in [0, 0.1) is 23.2 Å². The molecule has 0 aromatic rings. The van der Waals surface area contributed by atoms with Gasteiger partial charge >= 0.3 is 0 Å². The van der Waals surface area contributed by atoms with E-state index in [2.05, 4.69) is 26.0 Å². The van der Waals surface area contributed by atoms with Crippen LogP contribution >= 0.6 is 0 Å². The minimum atomic E-state index is 0.524. The highest BCUT2D eigenvalue weighted by Crippen LogP contribution is 2.61. The van der Waals surface area contributed by atoms with E-state index in [0.29, 0.717) is 5.41 Å². The standard InChI is InChI=1S/C21H30O/c1-4-15-6-10-20-19-8-5-14-13-16(22-3)7-9-17(14)18(19)11-12-21(15,20)2/h6-7,18-20H,4-5,8-13H2,1-3H3/t18-,19-,20+,21-/m1/s1. The van der Waals surface area contributed by atoms with Gasteiger partial charge in [-0.3, -0.25) is 0 Å². The average Bonchev–Trinajstić information content (AvgIpc) is 2.90. The van der Waals surface area contributed by atoms with Crippen LogP contribution in [0.2, 0.25) is 0 Å². The molecule has 0 spiro atoms. The minimum Gasteiger partial charge on any atom is -0.501 e. The quantitative estimate of drug-likeness (QED) is 0.586. The van der Waals surface area contributed by atoms with Gasteiger partial charge in [-0.05, 0) is 74.2 Å².